The molecule has 0 atom stereocenters. The number of hydrogen-bond acceptors (Lipinski definition) is 7. The molecule has 2 aromatic rings. The maximum atomic E-state index is 11.7. The number of allylic oxidation sites excluding steroid dienone is 6. The lowest BCUT2D eigenvalue weighted by Crippen LogP contribution is -2.44. The Balaban J connectivity index is 2.47. The van der Waals surface area contributed by atoms with Crippen LogP contribution < -0.4 is 0 Å². The molecular formula is C30H35ClO7Si. The van der Waals surface area contributed by atoms with E-state index in [2.05, 4.69) is 0 Å². The highest BCUT2D eigenvalue weighted by Crippen LogP contribution is 2.32. The van der Waals surface area contributed by atoms with Gasteiger partial charge in [0.2, 0.25) is 0 Å². The van der Waals surface area contributed by atoms with E-state index in [9.17, 15) is 19.5 Å². The molecule has 0 spiro atoms. The fraction of sp³-hybridized carbons (Fsp3) is 0.300. The van der Waals surface area contributed by atoms with Crippen LogP contribution in [0, 0.1) is 0 Å². The van der Waals surface area contributed by atoms with Crippen molar-refractivity contribution in [1.29, 1.82) is 0 Å². The first-order valence-corrected chi connectivity index (χ1v) is 14.8. The largest absolute Gasteiger partial charge is 0.698 e. The Morgan fingerprint density at radius 1 is 0.769 bits per heavy atom. The van der Waals surface area contributed by atoms with Crippen molar-refractivity contribution in [2.45, 2.75) is 60.4 Å². The first kappa shape index (κ1) is 31.6. The van der Waals surface area contributed by atoms with Gasteiger partial charge in [-0.1, -0.05) is 29.8 Å². The van der Waals surface area contributed by atoms with Crippen molar-refractivity contribution in [2.75, 3.05) is 0 Å². The Kier molecular flexibility index (Phi) is 11.8. The molecule has 0 saturated carbocycles. The Hall–Kier alpha value is -3.62. The molecule has 2 aromatic carbocycles. The normalized spacial score (nSPS) is 13.9. The van der Waals surface area contributed by atoms with Gasteiger partial charge in [0, 0.05) is 23.3 Å². The van der Waals surface area contributed by atoms with E-state index in [4.69, 9.17) is 24.9 Å². The minimum absolute atomic E-state index is 0.135. The monoisotopic (exact) mass is 570 g/mol. The highest BCUT2D eigenvalue weighted by molar-refractivity contribution is 6.61. The van der Waals surface area contributed by atoms with Crippen molar-refractivity contribution >= 4 is 37.8 Å². The number of ketones is 3. The maximum Gasteiger partial charge on any atom is 0.698 e. The number of rotatable bonds is 14. The van der Waals surface area contributed by atoms with Crippen LogP contribution in [-0.2, 0) is 34.1 Å². The number of carbonyl (C=O) groups is 3. The molecule has 9 heteroatoms. The Morgan fingerprint density at radius 2 is 1.23 bits per heavy atom. The first-order valence-electron chi connectivity index (χ1n) is 12.5. The second-order valence-corrected chi connectivity index (χ2v) is 12.2. The zero-order valence-electron chi connectivity index (χ0n) is 23.2. The lowest BCUT2D eigenvalue weighted by molar-refractivity contribution is -0.113. The van der Waals surface area contributed by atoms with Crippen molar-refractivity contribution < 1.29 is 32.8 Å². The van der Waals surface area contributed by atoms with Crippen LogP contribution in [0.3, 0.4) is 0 Å². The van der Waals surface area contributed by atoms with Gasteiger partial charge in [-0.2, -0.15) is 0 Å². The van der Waals surface area contributed by atoms with Gasteiger partial charge in [-0.05, 0) is 95.3 Å². The van der Waals surface area contributed by atoms with Gasteiger partial charge in [0.1, 0.15) is 5.75 Å². The number of phenols is 1. The molecule has 0 unspecified atom stereocenters. The molecule has 0 aliphatic carbocycles. The predicted molar refractivity (Wildman–Crippen MR) is 154 cm³/mol. The van der Waals surface area contributed by atoms with Gasteiger partial charge in [0.25, 0.3) is 0 Å². The van der Waals surface area contributed by atoms with Crippen molar-refractivity contribution in [2.24, 2.45) is 0 Å². The fourth-order valence-electron chi connectivity index (χ4n) is 4.09. The summed E-state index contributed by atoms with van der Waals surface area (Å²) in [5.74, 6) is 0.369. The average molecular weight is 571 g/mol. The number of hydrogen-bond donors (Lipinski definition) is 1. The summed E-state index contributed by atoms with van der Waals surface area (Å²) < 4.78 is 18.6. The zero-order valence-corrected chi connectivity index (χ0v) is 24.9. The quantitative estimate of drug-likeness (QED) is 0.147. The van der Waals surface area contributed by atoms with E-state index in [1.165, 1.54) is 39.0 Å². The lowest BCUT2D eigenvalue weighted by Gasteiger charge is -2.31. The number of carbonyl (C=O) groups excluding carboxylic acids is 3. The number of benzene rings is 2. The van der Waals surface area contributed by atoms with Crippen LogP contribution in [0.15, 0.2) is 78.0 Å². The van der Waals surface area contributed by atoms with E-state index < -0.39 is 8.80 Å². The lowest BCUT2D eigenvalue weighted by atomic mass is 9.96. The van der Waals surface area contributed by atoms with E-state index in [1.54, 1.807) is 45.0 Å². The van der Waals surface area contributed by atoms with E-state index >= 15 is 0 Å². The molecule has 1 N–H and O–H groups in total. The summed E-state index contributed by atoms with van der Waals surface area (Å²) in [6.45, 7) is 9.08. The third-order valence-electron chi connectivity index (χ3n) is 5.34. The van der Waals surface area contributed by atoms with Crippen molar-refractivity contribution in [1.82, 2.24) is 0 Å². The zero-order chi connectivity index (χ0) is 29.2. The molecule has 7 nitrogen and oxygen atoms in total. The molecule has 0 aliphatic rings. The predicted octanol–water partition coefficient (Wildman–Crippen LogP) is 7.11. The molecule has 39 heavy (non-hydrogen) atoms. The highest BCUT2D eigenvalue weighted by atomic mass is 35.5. The van der Waals surface area contributed by atoms with Gasteiger partial charge < -0.3 is 18.4 Å². The smallest absolute Gasteiger partial charge is 0.508 e. The molecule has 0 bridgehead atoms. The van der Waals surface area contributed by atoms with Gasteiger partial charge in [-0.3, -0.25) is 14.4 Å². The van der Waals surface area contributed by atoms with Crippen LogP contribution in [0.25, 0.3) is 11.1 Å². The fourth-order valence-corrected chi connectivity index (χ4v) is 6.91. The van der Waals surface area contributed by atoms with E-state index in [-0.39, 0.29) is 29.1 Å². The maximum absolute atomic E-state index is 11.7. The summed E-state index contributed by atoms with van der Waals surface area (Å²) in [4.78, 5) is 35.2. The van der Waals surface area contributed by atoms with Crippen LogP contribution in [0.4, 0.5) is 0 Å². The second-order valence-electron chi connectivity index (χ2n) is 9.29. The van der Waals surface area contributed by atoms with Crippen LogP contribution in [0.5, 0.6) is 5.75 Å². The van der Waals surface area contributed by atoms with Crippen LogP contribution >= 0.6 is 11.6 Å². The summed E-state index contributed by atoms with van der Waals surface area (Å²) in [7, 11) is -3.70. The van der Waals surface area contributed by atoms with Crippen molar-refractivity contribution in [3.8, 4) is 16.9 Å². The standard InChI is InChI=1S/C30H35ClO7Si/c1-20(32)16-23(4)36-39(37-24(5)17-21(2)33,38-25(6)18-22(3)34)15-7-8-27-19-29(35)13-14-30(27)26-9-11-28(31)12-10-26/h9-14,16-19,35H,7-8,15H2,1-6H3. The van der Waals surface area contributed by atoms with Crippen molar-refractivity contribution in [3.63, 3.8) is 0 Å². The first-order chi connectivity index (χ1) is 18.3. The SMILES string of the molecule is CC(=O)C=C(C)O[Si](CCCc1cc(O)ccc1-c1ccc(Cl)cc1)(OC(C)=CC(C)=O)OC(C)=CC(C)=O. The van der Waals surface area contributed by atoms with Gasteiger partial charge in [-0.15, -0.1) is 0 Å². The van der Waals surface area contributed by atoms with E-state index in [0.717, 1.165) is 16.7 Å². The summed E-state index contributed by atoms with van der Waals surface area (Å²) in [6, 6.07) is 12.9. The highest BCUT2D eigenvalue weighted by Gasteiger charge is 2.49. The molecular weight excluding hydrogens is 536 g/mol. The topological polar surface area (TPSA) is 99.1 Å². The Morgan fingerprint density at radius 3 is 1.67 bits per heavy atom. The molecule has 0 heterocycles. The van der Waals surface area contributed by atoms with Gasteiger partial charge in [0.05, 0.1) is 23.3 Å². The van der Waals surface area contributed by atoms with E-state index in [1.807, 2.05) is 18.2 Å². The van der Waals surface area contributed by atoms with E-state index in [0.29, 0.717) is 35.1 Å². The summed E-state index contributed by atoms with van der Waals surface area (Å²) in [5, 5.41) is 10.8. The van der Waals surface area contributed by atoms with Gasteiger partial charge in [-0.25, -0.2) is 0 Å². The molecule has 0 aromatic heterocycles. The number of phenolic OH excluding ortho intramolecular Hbond substituents is 1. The molecule has 0 amide bonds. The molecule has 2 rings (SSSR count). The molecule has 0 saturated heterocycles. The van der Waals surface area contributed by atoms with Crippen LogP contribution in [-0.4, -0.2) is 31.3 Å². The second kappa shape index (κ2) is 14.5. The molecule has 0 radical (unpaired) electrons. The minimum Gasteiger partial charge on any atom is -0.508 e. The van der Waals surface area contributed by atoms with Gasteiger partial charge in [0.15, 0.2) is 17.3 Å². The van der Waals surface area contributed by atoms with Crippen LogP contribution in [0.2, 0.25) is 11.1 Å². The Bertz CT molecular complexity index is 1210. The molecule has 208 valence electrons. The summed E-state index contributed by atoms with van der Waals surface area (Å²) in [5.41, 5.74) is 2.78. The van der Waals surface area contributed by atoms with Gasteiger partial charge >= 0.3 is 8.80 Å². The Labute approximate surface area is 236 Å². The van der Waals surface area contributed by atoms with Crippen molar-refractivity contribution in [3.05, 3.63) is 88.6 Å². The van der Waals surface area contributed by atoms with Crippen LogP contribution in [0.1, 0.15) is 53.5 Å². The minimum atomic E-state index is -3.70. The summed E-state index contributed by atoms with van der Waals surface area (Å²) >= 11 is 6.06. The number of aryl methyl sites for hydroxylation is 1. The third kappa shape index (κ3) is 10.9. The third-order valence-corrected chi connectivity index (χ3v) is 8.46. The number of halogens is 1. The molecule has 0 fully saturated rings. The summed E-state index contributed by atoms with van der Waals surface area (Å²) in [6.07, 6.45) is 5.02. The molecule has 0 aliphatic heterocycles. The average Bonchev–Trinajstić information content (AvgIpc) is 2.78. The number of aromatic hydroxyl groups is 1.